The molecule has 102 valence electrons. The summed E-state index contributed by atoms with van der Waals surface area (Å²) in [5, 5.41) is 3.02. The fraction of sp³-hybridized carbons (Fsp3) is 0.500. The molecule has 0 aliphatic carbocycles. The van der Waals surface area contributed by atoms with Crippen molar-refractivity contribution in [2.75, 3.05) is 5.32 Å². The molecule has 1 N–H and O–H groups in total. The summed E-state index contributed by atoms with van der Waals surface area (Å²) < 4.78 is 41.4. The van der Waals surface area contributed by atoms with Gasteiger partial charge in [0.15, 0.2) is 5.75 Å². The van der Waals surface area contributed by atoms with Crippen LogP contribution in [-0.2, 0) is 0 Å². The highest BCUT2D eigenvalue weighted by Gasteiger charge is 2.32. The van der Waals surface area contributed by atoms with E-state index in [-0.39, 0.29) is 11.8 Å². The lowest BCUT2D eigenvalue weighted by molar-refractivity contribution is -0.274. The van der Waals surface area contributed by atoms with Crippen molar-refractivity contribution in [2.45, 2.75) is 39.1 Å². The standard InChI is InChI=1S/C12H15BrF3NO/c1-3-4-8(2)17-10-6-5-9(13)7-11(10)18-12(14,15)16/h5-8,17H,3-4H2,1-2H3. The SMILES string of the molecule is CCCC(C)Nc1ccc(Br)cc1OC(F)(F)F. The summed E-state index contributed by atoms with van der Waals surface area (Å²) in [6.45, 7) is 3.94. The molecule has 0 amide bonds. The molecule has 0 aliphatic heterocycles. The highest BCUT2D eigenvalue weighted by atomic mass is 79.9. The molecule has 1 atom stereocenters. The van der Waals surface area contributed by atoms with E-state index in [2.05, 4.69) is 26.0 Å². The Labute approximate surface area is 113 Å². The average molecular weight is 326 g/mol. The lowest BCUT2D eigenvalue weighted by Gasteiger charge is -2.18. The van der Waals surface area contributed by atoms with Gasteiger partial charge < -0.3 is 10.1 Å². The second-order valence-corrected chi connectivity index (χ2v) is 4.94. The molecule has 0 saturated carbocycles. The molecule has 0 bridgehead atoms. The smallest absolute Gasteiger partial charge is 0.404 e. The van der Waals surface area contributed by atoms with Gasteiger partial charge in [-0.2, -0.15) is 0 Å². The van der Waals surface area contributed by atoms with Gasteiger partial charge in [0.1, 0.15) is 0 Å². The highest BCUT2D eigenvalue weighted by Crippen LogP contribution is 2.33. The van der Waals surface area contributed by atoms with E-state index in [1.54, 1.807) is 12.1 Å². The van der Waals surface area contributed by atoms with Crippen LogP contribution < -0.4 is 10.1 Å². The van der Waals surface area contributed by atoms with Crippen molar-refractivity contribution in [3.05, 3.63) is 22.7 Å². The minimum absolute atomic E-state index is 0.0896. The van der Waals surface area contributed by atoms with Gasteiger partial charge in [0.2, 0.25) is 0 Å². The van der Waals surface area contributed by atoms with Crippen molar-refractivity contribution in [1.29, 1.82) is 0 Å². The van der Waals surface area contributed by atoms with Gasteiger partial charge in [-0.05, 0) is 31.5 Å². The van der Waals surface area contributed by atoms with Crippen LogP contribution in [0.4, 0.5) is 18.9 Å². The number of ether oxygens (including phenoxy) is 1. The van der Waals surface area contributed by atoms with E-state index in [4.69, 9.17) is 0 Å². The summed E-state index contributed by atoms with van der Waals surface area (Å²) in [7, 11) is 0. The van der Waals surface area contributed by atoms with E-state index in [1.807, 2.05) is 13.8 Å². The molecular weight excluding hydrogens is 311 g/mol. The van der Waals surface area contributed by atoms with Crippen LogP contribution in [0.15, 0.2) is 22.7 Å². The Kier molecular flexibility index (Phi) is 5.31. The zero-order valence-corrected chi connectivity index (χ0v) is 11.7. The van der Waals surface area contributed by atoms with E-state index < -0.39 is 6.36 Å². The van der Waals surface area contributed by atoms with E-state index >= 15 is 0 Å². The maximum atomic E-state index is 12.3. The quantitative estimate of drug-likeness (QED) is 0.827. The van der Waals surface area contributed by atoms with E-state index in [0.717, 1.165) is 12.8 Å². The van der Waals surface area contributed by atoms with E-state index in [0.29, 0.717) is 10.2 Å². The number of hydrogen-bond donors (Lipinski definition) is 1. The highest BCUT2D eigenvalue weighted by molar-refractivity contribution is 9.10. The summed E-state index contributed by atoms with van der Waals surface area (Å²) in [5.41, 5.74) is 0.344. The zero-order chi connectivity index (χ0) is 13.8. The topological polar surface area (TPSA) is 21.3 Å². The Bertz CT molecular complexity index is 395. The lowest BCUT2D eigenvalue weighted by atomic mass is 10.2. The number of nitrogens with one attached hydrogen (secondary N) is 1. The molecule has 0 radical (unpaired) electrons. The van der Waals surface area contributed by atoms with Crippen LogP contribution in [0.3, 0.4) is 0 Å². The molecule has 1 rings (SSSR count). The van der Waals surface area contributed by atoms with Crippen LogP contribution in [-0.4, -0.2) is 12.4 Å². The molecule has 6 heteroatoms. The molecule has 1 unspecified atom stereocenters. The monoisotopic (exact) mass is 325 g/mol. The molecular formula is C12H15BrF3NO. The number of hydrogen-bond acceptors (Lipinski definition) is 2. The minimum Gasteiger partial charge on any atom is -0.404 e. The number of rotatable bonds is 5. The molecule has 0 saturated heterocycles. The summed E-state index contributed by atoms with van der Waals surface area (Å²) in [4.78, 5) is 0. The van der Waals surface area contributed by atoms with Gasteiger partial charge >= 0.3 is 6.36 Å². The average Bonchev–Trinajstić information content (AvgIpc) is 2.20. The Hall–Kier alpha value is -0.910. The van der Waals surface area contributed by atoms with E-state index in [1.165, 1.54) is 6.07 Å². The largest absolute Gasteiger partial charge is 0.573 e. The van der Waals surface area contributed by atoms with Gasteiger partial charge in [-0.25, -0.2) is 0 Å². The number of halogens is 4. The third kappa shape index (κ3) is 5.16. The fourth-order valence-corrected chi connectivity index (χ4v) is 1.94. The lowest BCUT2D eigenvalue weighted by Crippen LogP contribution is -2.20. The maximum absolute atomic E-state index is 12.3. The second kappa shape index (κ2) is 6.31. The van der Waals surface area contributed by atoms with Gasteiger partial charge in [-0.3, -0.25) is 0 Å². The third-order valence-corrected chi connectivity index (χ3v) is 2.79. The molecule has 0 heterocycles. The molecule has 0 spiro atoms. The van der Waals surface area contributed by atoms with Crippen molar-refractivity contribution in [2.24, 2.45) is 0 Å². The zero-order valence-electron chi connectivity index (χ0n) is 10.1. The normalized spacial score (nSPS) is 13.2. The van der Waals surface area contributed by atoms with Crippen LogP contribution in [0.5, 0.6) is 5.75 Å². The van der Waals surface area contributed by atoms with Crippen molar-refractivity contribution in [3.8, 4) is 5.75 Å². The van der Waals surface area contributed by atoms with Crippen LogP contribution in [0.1, 0.15) is 26.7 Å². The van der Waals surface area contributed by atoms with Gasteiger partial charge in [0.25, 0.3) is 0 Å². The Morgan fingerprint density at radius 1 is 1.39 bits per heavy atom. The van der Waals surface area contributed by atoms with E-state index in [9.17, 15) is 13.2 Å². The first kappa shape index (κ1) is 15.1. The van der Waals surface area contributed by atoms with Crippen LogP contribution in [0.25, 0.3) is 0 Å². The summed E-state index contributed by atoms with van der Waals surface area (Å²) in [6.07, 6.45) is -2.85. The number of anilines is 1. The van der Waals surface area contributed by atoms with Crippen molar-refractivity contribution >= 4 is 21.6 Å². The first-order valence-electron chi connectivity index (χ1n) is 5.63. The molecule has 2 nitrogen and oxygen atoms in total. The molecule has 0 aromatic heterocycles. The van der Waals surface area contributed by atoms with Gasteiger partial charge in [0, 0.05) is 10.5 Å². The predicted molar refractivity (Wildman–Crippen MR) is 68.8 cm³/mol. The van der Waals surface area contributed by atoms with Crippen molar-refractivity contribution in [1.82, 2.24) is 0 Å². The first-order valence-corrected chi connectivity index (χ1v) is 6.43. The summed E-state index contributed by atoms with van der Waals surface area (Å²) in [6, 6.07) is 4.63. The summed E-state index contributed by atoms with van der Waals surface area (Å²) in [5.74, 6) is -0.222. The fourth-order valence-electron chi connectivity index (χ4n) is 1.60. The molecule has 1 aromatic rings. The molecule has 0 fully saturated rings. The molecule has 18 heavy (non-hydrogen) atoms. The van der Waals surface area contributed by atoms with Crippen LogP contribution in [0.2, 0.25) is 0 Å². The summed E-state index contributed by atoms with van der Waals surface area (Å²) >= 11 is 3.13. The third-order valence-electron chi connectivity index (χ3n) is 2.29. The van der Waals surface area contributed by atoms with Crippen LogP contribution in [0, 0.1) is 0 Å². The van der Waals surface area contributed by atoms with Crippen molar-refractivity contribution in [3.63, 3.8) is 0 Å². The Morgan fingerprint density at radius 3 is 2.61 bits per heavy atom. The van der Waals surface area contributed by atoms with Gasteiger partial charge in [-0.1, -0.05) is 29.3 Å². The second-order valence-electron chi connectivity index (χ2n) is 4.02. The van der Waals surface area contributed by atoms with Gasteiger partial charge in [0.05, 0.1) is 5.69 Å². The molecule has 1 aromatic carbocycles. The Morgan fingerprint density at radius 2 is 2.06 bits per heavy atom. The molecule has 0 aliphatic rings. The number of benzene rings is 1. The first-order chi connectivity index (χ1) is 8.31. The van der Waals surface area contributed by atoms with Crippen LogP contribution >= 0.6 is 15.9 Å². The Balaban J connectivity index is 2.89. The number of alkyl halides is 3. The predicted octanol–water partition coefficient (Wildman–Crippen LogP) is 4.95. The maximum Gasteiger partial charge on any atom is 0.573 e. The van der Waals surface area contributed by atoms with Crippen molar-refractivity contribution < 1.29 is 17.9 Å². The minimum atomic E-state index is -4.69. The van der Waals surface area contributed by atoms with Gasteiger partial charge in [-0.15, -0.1) is 13.2 Å².